The smallest absolute Gasteiger partial charge is 0.387 e. The van der Waals surface area contributed by atoms with Crippen molar-refractivity contribution >= 4 is 27.7 Å². The number of rotatable bonds is 6. The molecule has 0 spiro atoms. The van der Waals surface area contributed by atoms with Gasteiger partial charge < -0.3 is 14.8 Å². The zero-order valence-electron chi connectivity index (χ0n) is 14.8. The molecule has 2 aromatic rings. The quantitative estimate of drug-likeness (QED) is 0.719. The first-order chi connectivity index (χ1) is 12.8. The molecule has 27 heavy (non-hydrogen) atoms. The lowest BCUT2D eigenvalue weighted by Crippen LogP contribution is -2.56. The summed E-state index contributed by atoms with van der Waals surface area (Å²) in [5.41, 5.74) is 1.03. The Morgan fingerprint density at radius 2 is 2.04 bits per heavy atom. The Labute approximate surface area is 164 Å². The van der Waals surface area contributed by atoms with Gasteiger partial charge in [-0.3, -0.25) is 4.79 Å². The number of hydrogen-bond acceptors (Lipinski definition) is 4. The van der Waals surface area contributed by atoms with Crippen molar-refractivity contribution in [1.29, 1.82) is 0 Å². The van der Waals surface area contributed by atoms with Crippen LogP contribution in [0.25, 0.3) is 0 Å². The van der Waals surface area contributed by atoms with Crippen molar-refractivity contribution < 1.29 is 23.0 Å². The molecule has 0 radical (unpaired) electrons. The molecule has 5 nitrogen and oxygen atoms in total. The largest absolute Gasteiger partial charge is 0.431 e. The number of alkyl halides is 2. The van der Waals surface area contributed by atoms with Crippen LogP contribution in [0, 0.1) is 0 Å². The van der Waals surface area contributed by atoms with Crippen LogP contribution >= 0.6 is 15.9 Å². The number of amides is 1. The van der Waals surface area contributed by atoms with Gasteiger partial charge >= 0.3 is 6.61 Å². The molecule has 2 heterocycles. The van der Waals surface area contributed by atoms with E-state index in [4.69, 9.17) is 4.74 Å². The maximum atomic E-state index is 13.1. The lowest BCUT2D eigenvalue weighted by Gasteiger charge is -2.41. The predicted molar refractivity (Wildman–Crippen MR) is 100 cm³/mol. The molecule has 0 saturated carbocycles. The topological polar surface area (TPSA) is 60.5 Å². The fourth-order valence-corrected chi connectivity index (χ4v) is 3.39. The normalized spacial score (nSPS) is 15.5. The van der Waals surface area contributed by atoms with Gasteiger partial charge in [-0.25, -0.2) is 4.98 Å². The van der Waals surface area contributed by atoms with Crippen LogP contribution in [0.5, 0.6) is 5.75 Å². The molecule has 1 aliphatic rings. The second-order valence-corrected chi connectivity index (χ2v) is 7.57. The SMILES string of the molecule is CC(C)c1ccccc1C1(C(=O)Nc2ncc(Br)cc2OC(F)F)COC1. The van der Waals surface area contributed by atoms with Crippen molar-refractivity contribution in [3.8, 4) is 5.75 Å². The van der Waals surface area contributed by atoms with E-state index in [0.29, 0.717) is 4.47 Å². The average molecular weight is 441 g/mol. The zero-order valence-corrected chi connectivity index (χ0v) is 16.4. The van der Waals surface area contributed by atoms with Gasteiger partial charge in [0.05, 0.1) is 13.2 Å². The highest BCUT2D eigenvalue weighted by atomic mass is 79.9. The summed E-state index contributed by atoms with van der Waals surface area (Å²) < 4.78 is 35.7. The van der Waals surface area contributed by atoms with Crippen LogP contribution in [0.1, 0.15) is 30.9 Å². The maximum absolute atomic E-state index is 13.1. The van der Waals surface area contributed by atoms with Gasteiger partial charge in [0.25, 0.3) is 0 Å². The number of nitrogens with zero attached hydrogens (tertiary/aromatic N) is 1. The van der Waals surface area contributed by atoms with Crippen molar-refractivity contribution in [2.45, 2.75) is 31.8 Å². The van der Waals surface area contributed by atoms with Crippen molar-refractivity contribution in [2.24, 2.45) is 0 Å². The highest BCUT2D eigenvalue weighted by Crippen LogP contribution is 2.39. The molecule has 0 aliphatic carbocycles. The zero-order chi connectivity index (χ0) is 19.6. The molecule has 144 valence electrons. The minimum Gasteiger partial charge on any atom is -0.431 e. The molecule has 1 N–H and O–H groups in total. The number of hydrogen-bond donors (Lipinski definition) is 1. The second kappa shape index (κ2) is 7.90. The van der Waals surface area contributed by atoms with Crippen molar-refractivity contribution in [2.75, 3.05) is 18.5 Å². The van der Waals surface area contributed by atoms with Gasteiger partial charge in [-0.1, -0.05) is 38.1 Å². The Morgan fingerprint density at radius 1 is 1.33 bits per heavy atom. The van der Waals surface area contributed by atoms with Crippen molar-refractivity contribution in [1.82, 2.24) is 4.98 Å². The molecule has 0 unspecified atom stereocenters. The summed E-state index contributed by atoms with van der Waals surface area (Å²) in [6, 6.07) is 9.02. The first kappa shape index (κ1) is 19.7. The van der Waals surface area contributed by atoms with Crippen LogP contribution in [0.3, 0.4) is 0 Å². The lowest BCUT2D eigenvalue weighted by atomic mass is 9.74. The molecular formula is C19H19BrF2N2O3. The van der Waals surface area contributed by atoms with Crippen molar-refractivity contribution in [3.05, 3.63) is 52.1 Å². The molecule has 1 fully saturated rings. The summed E-state index contributed by atoms with van der Waals surface area (Å²) in [5.74, 6) is -0.414. The first-order valence-corrected chi connectivity index (χ1v) is 9.22. The fourth-order valence-electron chi connectivity index (χ4n) is 3.08. The van der Waals surface area contributed by atoms with E-state index < -0.39 is 12.0 Å². The van der Waals surface area contributed by atoms with Crippen LogP contribution < -0.4 is 10.1 Å². The molecule has 0 atom stereocenters. The Balaban J connectivity index is 1.94. The molecular weight excluding hydrogens is 422 g/mol. The molecule has 0 bridgehead atoms. The van der Waals surface area contributed by atoms with E-state index in [0.717, 1.165) is 11.1 Å². The number of benzene rings is 1. The van der Waals surface area contributed by atoms with E-state index in [1.807, 2.05) is 24.3 Å². The number of ether oxygens (including phenoxy) is 2. The lowest BCUT2D eigenvalue weighted by molar-refractivity contribution is -0.139. The van der Waals surface area contributed by atoms with Gasteiger partial charge in [0.15, 0.2) is 11.6 Å². The van der Waals surface area contributed by atoms with E-state index in [9.17, 15) is 13.6 Å². The molecule has 1 aliphatic heterocycles. The third kappa shape index (κ3) is 3.96. The third-order valence-electron chi connectivity index (χ3n) is 4.50. The highest BCUT2D eigenvalue weighted by Gasteiger charge is 2.49. The summed E-state index contributed by atoms with van der Waals surface area (Å²) in [6.45, 7) is 1.50. The number of carbonyl (C=O) groups is 1. The minimum atomic E-state index is -3.03. The number of anilines is 1. The van der Waals surface area contributed by atoms with E-state index in [1.54, 1.807) is 0 Å². The third-order valence-corrected chi connectivity index (χ3v) is 4.93. The number of carbonyl (C=O) groups excluding carboxylic acids is 1. The fraction of sp³-hybridized carbons (Fsp3) is 0.368. The summed E-state index contributed by atoms with van der Waals surface area (Å²) >= 11 is 3.16. The number of halogens is 3. The number of nitrogens with one attached hydrogen (secondary N) is 1. The minimum absolute atomic E-state index is 0.0585. The first-order valence-electron chi connectivity index (χ1n) is 8.42. The van der Waals surface area contributed by atoms with Gasteiger partial charge in [0, 0.05) is 16.7 Å². The summed E-state index contributed by atoms with van der Waals surface area (Å²) in [6.07, 6.45) is 1.40. The molecule has 1 saturated heterocycles. The Morgan fingerprint density at radius 3 is 2.63 bits per heavy atom. The average Bonchev–Trinajstić information content (AvgIpc) is 2.56. The van der Waals surface area contributed by atoms with Gasteiger partial charge in [-0.05, 0) is 33.0 Å². The van der Waals surface area contributed by atoms with Gasteiger partial charge in [0.1, 0.15) is 5.41 Å². The molecule has 1 amide bonds. The van der Waals surface area contributed by atoms with E-state index in [-0.39, 0.29) is 36.6 Å². The van der Waals surface area contributed by atoms with Crippen LogP contribution in [-0.4, -0.2) is 30.7 Å². The monoisotopic (exact) mass is 440 g/mol. The highest BCUT2D eigenvalue weighted by molar-refractivity contribution is 9.10. The summed E-state index contributed by atoms with van der Waals surface area (Å²) in [7, 11) is 0. The Bertz CT molecular complexity index is 841. The van der Waals surface area contributed by atoms with Gasteiger partial charge in [0.2, 0.25) is 5.91 Å². The Hall–Kier alpha value is -2.06. The van der Waals surface area contributed by atoms with Gasteiger partial charge in [-0.2, -0.15) is 8.78 Å². The Kier molecular flexibility index (Phi) is 5.76. The van der Waals surface area contributed by atoms with Crippen LogP contribution in [-0.2, 0) is 14.9 Å². The van der Waals surface area contributed by atoms with Crippen LogP contribution in [0.15, 0.2) is 41.0 Å². The standard InChI is InChI=1S/C19H19BrF2N2O3/c1-11(2)13-5-3-4-6-14(13)19(9-26-10-19)17(25)24-16-15(27-18(21)22)7-12(20)8-23-16/h3-8,11,18H,9-10H2,1-2H3,(H,23,24,25). The number of aromatic nitrogens is 1. The predicted octanol–water partition coefficient (Wildman–Crippen LogP) is 4.48. The van der Waals surface area contributed by atoms with E-state index >= 15 is 0 Å². The second-order valence-electron chi connectivity index (χ2n) is 6.65. The van der Waals surface area contributed by atoms with E-state index in [2.05, 4.69) is 44.8 Å². The summed E-state index contributed by atoms with van der Waals surface area (Å²) in [4.78, 5) is 17.1. The summed E-state index contributed by atoms with van der Waals surface area (Å²) in [5, 5.41) is 2.64. The molecule has 1 aromatic heterocycles. The van der Waals surface area contributed by atoms with Crippen LogP contribution in [0.2, 0.25) is 0 Å². The molecule has 8 heteroatoms. The number of pyridine rings is 1. The molecule has 1 aromatic carbocycles. The van der Waals surface area contributed by atoms with Gasteiger partial charge in [-0.15, -0.1) is 0 Å². The molecule has 3 rings (SSSR count). The van der Waals surface area contributed by atoms with Crippen LogP contribution in [0.4, 0.5) is 14.6 Å². The van der Waals surface area contributed by atoms with Crippen molar-refractivity contribution in [3.63, 3.8) is 0 Å². The van der Waals surface area contributed by atoms with E-state index in [1.165, 1.54) is 12.3 Å². The maximum Gasteiger partial charge on any atom is 0.387 e.